The summed E-state index contributed by atoms with van der Waals surface area (Å²) in [6.07, 6.45) is 5.20. The molecule has 0 spiro atoms. The van der Waals surface area contributed by atoms with Crippen LogP contribution in [0.1, 0.15) is 24.8 Å². The number of unbranched alkanes of at least 4 members (excludes halogenated alkanes) is 2. The molecule has 0 aliphatic rings. The quantitative estimate of drug-likeness (QED) is 0.636. The smallest absolute Gasteiger partial charge is 0.411 e. The number of hydrogen-bond donors (Lipinski definition) is 1. The van der Waals surface area contributed by atoms with Crippen molar-refractivity contribution < 1.29 is 9.53 Å². The second-order valence-corrected chi connectivity index (χ2v) is 5.45. The lowest BCUT2D eigenvalue weighted by Crippen LogP contribution is -2.14. The standard InChI is InChI=1S/C20H17ClN2O2/c21-18-9-7-10-19(16-18)23-20(24)25-15-6-4-2-1-3-5-8-17-11-13-22-14-12-17/h7,9-14,16H,2,4,6,15H2,(H,23,24). The molecule has 0 fully saturated rings. The zero-order valence-electron chi connectivity index (χ0n) is 13.6. The number of carbonyl (C=O) groups excluding carboxylic acids is 1. The minimum atomic E-state index is -0.489. The second-order valence-electron chi connectivity index (χ2n) is 5.02. The van der Waals surface area contributed by atoms with Gasteiger partial charge in [0.15, 0.2) is 0 Å². The Kier molecular flexibility index (Phi) is 7.91. The molecule has 0 saturated carbocycles. The van der Waals surface area contributed by atoms with E-state index in [-0.39, 0.29) is 0 Å². The van der Waals surface area contributed by atoms with Crippen molar-refractivity contribution in [1.29, 1.82) is 0 Å². The normalized spacial score (nSPS) is 9.16. The van der Waals surface area contributed by atoms with E-state index in [1.807, 2.05) is 12.1 Å². The maximum Gasteiger partial charge on any atom is 0.411 e. The molecular formula is C20H17ClN2O2. The fourth-order valence-corrected chi connectivity index (χ4v) is 2.04. The van der Waals surface area contributed by atoms with E-state index < -0.39 is 6.09 Å². The van der Waals surface area contributed by atoms with Crippen molar-refractivity contribution in [3.63, 3.8) is 0 Å². The van der Waals surface area contributed by atoms with E-state index in [0.29, 0.717) is 23.7 Å². The first-order valence-electron chi connectivity index (χ1n) is 7.82. The van der Waals surface area contributed by atoms with Crippen LogP contribution >= 0.6 is 11.6 Å². The number of ether oxygens (including phenoxy) is 1. The molecule has 25 heavy (non-hydrogen) atoms. The Morgan fingerprint density at radius 3 is 2.80 bits per heavy atom. The second kappa shape index (κ2) is 10.8. The van der Waals surface area contributed by atoms with Gasteiger partial charge in [-0.2, -0.15) is 0 Å². The van der Waals surface area contributed by atoms with Gasteiger partial charge in [-0.15, -0.1) is 0 Å². The SMILES string of the molecule is O=C(Nc1cccc(Cl)c1)OCCCCC#CC#Cc1ccncc1. The summed E-state index contributed by atoms with van der Waals surface area (Å²) in [6, 6.07) is 10.6. The Morgan fingerprint density at radius 2 is 2.00 bits per heavy atom. The van der Waals surface area contributed by atoms with E-state index in [4.69, 9.17) is 16.3 Å². The highest BCUT2D eigenvalue weighted by molar-refractivity contribution is 6.30. The van der Waals surface area contributed by atoms with Gasteiger partial charge in [0.05, 0.1) is 6.61 Å². The molecule has 1 aromatic carbocycles. The third-order valence-electron chi connectivity index (χ3n) is 3.04. The maximum atomic E-state index is 11.6. The monoisotopic (exact) mass is 352 g/mol. The first-order chi connectivity index (χ1) is 12.2. The highest BCUT2D eigenvalue weighted by Crippen LogP contribution is 2.14. The van der Waals surface area contributed by atoms with Crippen LogP contribution in [-0.4, -0.2) is 17.7 Å². The summed E-state index contributed by atoms with van der Waals surface area (Å²) in [5.41, 5.74) is 1.50. The summed E-state index contributed by atoms with van der Waals surface area (Å²) >= 11 is 5.84. The molecule has 5 heteroatoms. The molecule has 0 bridgehead atoms. The van der Waals surface area contributed by atoms with Crippen LogP contribution in [0.5, 0.6) is 0 Å². The molecule has 2 rings (SSSR count). The van der Waals surface area contributed by atoms with Crippen LogP contribution in [0, 0.1) is 23.7 Å². The topological polar surface area (TPSA) is 51.2 Å². The number of hydrogen-bond acceptors (Lipinski definition) is 3. The van der Waals surface area contributed by atoms with E-state index in [1.54, 1.807) is 36.7 Å². The van der Waals surface area contributed by atoms with Gasteiger partial charge in [-0.25, -0.2) is 4.79 Å². The lowest BCUT2D eigenvalue weighted by molar-refractivity contribution is 0.159. The lowest BCUT2D eigenvalue weighted by atomic mass is 10.2. The Balaban J connectivity index is 1.57. The van der Waals surface area contributed by atoms with Crippen LogP contribution in [0.25, 0.3) is 0 Å². The van der Waals surface area contributed by atoms with E-state index in [2.05, 4.69) is 34.0 Å². The number of aromatic nitrogens is 1. The van der Waals surface area contributed by atoms with Gasteiger partial charge in [0.25, 0.3) is 0 Å². The summed E-state index contributed by atoms with van der Waals surface area (Å²) in [6.45, 7) is 0.344. The average molecular weight is 353 g/mol. The molecule has 1 heterocycles. The predicted molar refractivity (Wildman–Crippen MR) is 99.2 cm³/mol. The summed E-state index contributed by atoms with van der Waals surface area (Å²) in [5.74, 6) is 11.5. The van der Waals surface area contributed by atoms with Crippen LogP contribution in [0.2, 0.25) is 5.02 Å². The van der Waals surface area contributed by atoms with Crippen molar-refractivity contribution in [2.75, 3.05) is 11.9 Å². The molecule has 0 aliphatic heterocycles. The Labute approximate surface area is 152 Å². The van der Waals surface area contributed by atoms with Gasteiger partial charge in [0.2, 0.25) is 0 Å². The summed E-state index contributed by atoms with van der Waals surface area (Å²) < 4.78 is 5.10. The Bertz CT molecular complexity index is 814. The number of benzene rings is 1. The zero-order valence-corrected chi connectivity index (χ0v) is 14.3. The number of rotatable bonds is 5. The summed E-state index contributed by atoms with van der Waals surface area (Å²) in [5, 5.41) is 3.18. The molecule has 0 atom stereocenters. The number of nitrogens with one attached hydrogen (secondary N) is 1. The molecule has 1 N–H and O–H groups in total. The van der Waals surface area contributed by atoms with E-state index in [0.717, 1.165) is 18.4 Å². The minimum Gasteiger partial charge on any atom is -0.449 e. The van der Waals surface area contributed by atoms with E-state index in [9.17, 15) is 4.79 Å². The molecular weight excluding hydrogens is 336 g/mol. The number of halogens is 1. The van der Waals surface area contributed by atoms with Gasteiger partial charge in [-0.05, 0) is 55.0 Å². The van der Waals surface area contributed by atoms with E-state index >= 15 is 0 Å². The van der Waals surface area contributed by atoms with Gasteiger partial charge in [-0.3, -0.25) is 10.3 Å². The largest absolute Gasteiger partial charge is 0.449 e. The molecule has 0 radical (unpaired) electrons. The molecule has 2 aromatic rings. The van der Waals surface area contributed by atoms with Crippen LogP contribution in [0.3, 0.4) is 0 Å². The average Bonchev–Trinajstić information content (AvgIpc) is 2.61. The van der Waals surface area contributed by atoms with Crippen molar-refractivity contribution in [3.05, 3.63) is 59.4 Å². The highest BCUT2D eigenvalue weighted by Gasteiger charge is 2.02. The summed E-state index contributed by atoms with van der Waals surface area (Å²) in [7, 11) is 0. The van der Waals surface area contributed by atoms with Gasteiger partial charge in [0, 0.05) is 35.1 Å². The van der Waals surface area contributed by atoms with E-state index in [1.165, 1.54) is 0 Å². The van der Waals surface area contributed by atoms with Crippen molar-refractivity contribution in [2.24, 2.45) is 0 Å². The third kappa shape index (κ3) is 7.92. The fourth-order valence-electron chi connectivity index (χ4n) is 1.85. The Hall–Kier alpha value is -2.95. The van der Waals surface area contributed by atoms with Crippen LogP contribution in [0.4, 0.5) is 10.5 Å². The molecule has 0 saturated heterocycles. The number of pyridine rings is 1. The van der Waals surface area contributed by atoms with Crippen LogP contribution < -0.4 is 5.32 Å². The van der Waals surface area contributed by atoms with Crippen LogP contribution in [-0.2, 0) is 4.74 Å². The molecule has 126 valence electrons. The molecule has 4 nitrogen and oxygen atoms in total. The molecule has 0 unspecified atom stereocenters. The number of amides is 1. The molecule has 1 aromatic heterocycles. The first-order valence-corrected chi connectivity index (χ1v) is 8.20. The van der Waals surface area contributed by atoms with Crippen molar-refractivity contribution in [3.8, 4) is 23.7 Å². The van der Waals surface area contributed by atoms with Crippen LogP contribution in [0.15, 0.2) is 48.8 Å². The predicted octanol–water partition coefficient (Wildman–Crippen LogP) is 4.51. The number of anilines is 1. The highest BCUT2D eigenvalue weighted by atomic mass is 35.5. The Morgan fingerprint density at radius 1 is 1.16 bits per heavy atom. The third-order valence-corrected chi connectivity index (χ3v) is 3.27. The van der Waals surface area contributed by atoms with Gasteiger partial charge < -0.3 is 4.74 Å². The summed E-state index contributed by atoms with van der Waals surface area (Å²) in [4.78, 5) is 15.5. The lowest BCUT2D eigenvalue weighted by Gasteiger charge is -2.06. The maximum absolute atomic E-state index is 11.6. The van der Waals surface area contributed by atoms with Gasteiger partial charge in [-0.1, -0.05) is 29.5 Å². The minimum absolute atomic E-state index is 0.344. The van der Waals surface area contributed by atoms with Crippen molar-refractivity contribution >= 4 is 23.4 Å². The number of carbonyl (C=O) groups is 1. The molecule has 1 amide bonds. The van der Waals surface area contributed by atoms with Crippen molar-refractivity contribution in [1.82, 2.24) is 4.98 Å². The fraction of sp³-hybridized carbons (Fsp3) is 0.200. The first kappa shape index (κ1) is 18.4. The molecule has 0 aliphatic carbocycles. The van der Waals surface area contributed by atoms with Gasteiger partial charge >= 0.3 is 6.09 Å². The van der Waals surface area contributed by atoms with Crippen molar-refractivity contribution in [2.45, 2.75) is 19.3 Å². The number of nitrogens with zero attached hydrogens (tertiary/aromatic N) is 1. The van der Waals surface area contributed by atoms with Gasteiger partial charge in [0.1, 0.15) is 0 Å². The zero-order chi connectivity index (χ0) is 17.7.